The van der Waals surface area contributed by atoms with Gasteiger partial charge in [-0.3, -0.25) is 0 Å². The highest BCUT2D eigenvalue weighted by Gasteiger charge is 2.21. The van der Waals surface area contributed by atoms with Crippen molar-refractivity contribution in [1.29, 1.82) is 0 Å². The number of nitrogens with zero attached hydrogens (tertiary/aromatic N) is 1. The Morgan fingerprint density at radius 2 is 2.28 bits per heavy atom. The van der Waals surface area contributed by atoms with E-state index in [1.54, 1.807) is 12.1 Å². The fourth-order valence-corrected chi connectivity index (χ4v) is 2.55. The first-order valence-electron chi connectivity index (χ1n) is 5.46. The summed E-state index contributed by atoms with van der Waals surface area (Å²) in [5.74, 6) is -0.539. The summed E-state index contributed by atoms with van der Waals surface area (Å²) in [6.45, 7) is 4.00. The first kappa shape index (κ1) is 13.1. The molecule has 2 aromatic rings. The molecule has 2 aromatic heterocycles. The number of aromatic carboxylic acids is 1. The van der Waals surface area contributed by atoms with Gasteiger partial charge in [0.05, 0.1) is 14.9 Å². The highest BCUT2D eigenvalue weighted by molar-refractivity contribution is 7.19. The fourth-order valence-electron chi connectivity index (χ4n) is 1.58. The molecule has 96 valence electrons. The molecule has 6 heteroatoms. The van der Waals surface area contributed by atoms with Crippen LogP contribution in [0.1, 0.15) is 30.1 Å². The SMILES string of the molecule is CC(C)Cc1nc(-c2ccc(Cl)s2)oc1C(=O)O. The largest absolute Gasteiger partial charge is 0.475 e. The molecule has 0 radical (unpaired) electrons. The summed E-state index contributed by atoms with van der Waals surface area (Å²) in [6, 6.07) is 3.50. The Balaban J connectivity index is 2.42. The van der Waals surface area contributed by atoms with E-state index in [0.717, 1.165) is 4.88 Å². The molecule has 1 N–H and O–H groups in total. The number of halogens is 1. The van der Waals surface area contributed by atoms with Crippen molar-refractivity contribution < 1.29 is 14.3 Å². The summed E-state index contributed by atoms with van der Waals surface area (Å²) in [6.07, 6.45) is 0.574. The van der Waals surface area contributed by atoms with Crippen LogP contribution in [-0.4, -0.2) is 16.1 Å². The molecule has 2 heterocycles. The van der Waals surface area contributed by atoms with Crippen LogP contribution in [0.4, 0.5) is 0 Å². The van der Waals surface area contributed by atoms with Crippen LogP contribution in [0.3, 0.4) is 0 Å². The molecule has 0 fully saturated rings. The Labute approximate surface area is 113 Å². The monoisotopic (exact) mass is 285 g/mol. The van der Waals surface area contributed by atoms with Crippen molar-refractivity contribution in [1.82, 2.24) is 4.98 Å². The van der Waals surface area contributed by atoms with E-state index in [1.165, 1.54) is 11.3 Å². The van der Waals surface area contributed by atoms with E-state index in [1.807, 2.05) is 13.8 Å². The normalized spacial score (nSPS) is 11.1. The summed E-state index contributed by atoms with van der Waals surface area (Å²) in [7, 11) is 0. The number of carboxylic acid groups (broad SMARTS) is 1. The van der Waals surface area contributed by atoms with Crippen LogP contribution in [-0.2, 0) is 6.42 Å². The summed E-state index contributed by atoms with van der Waals surface area (Å²) < 4.78 is 5.93. The van der Waals surface area contributed by atoms with Crippen LogP contribution in [0.5, 0.6) is 0 Å². The van der Waals surface area contributed by atoms with Crippen molar-refractivity contribution in [2.75, 3.05) is 0 Å². The van der Waals surface area contributed by atoms with E-state index >= 15 is 0 Å². The lowest BCUT2D eigenvalue weighted by atomic mass is 10.1. The van der Waals surface area contributed by atoms with E-state index in [2.05, 4.69) is 4.98 Å². The third kappa shape index (κ3) is 2.73. The maximum absolute atomic E-state index is 11.1. The zero-order chi connectivity index (χ0) is 13.3. The first-order valence-corrected chi connectivity index (χ1v) is 6.65. The van der Waals surface area contributed by atoms with Gasteiger partial charge in [-0.25, -0.2) is 9.78 Å². The summed E-state index contributed by atoms with van der Waals surface area (Å²) in [4.78, 5) is 16.1. The molecule has 0 amide bonds. The number of oxazole rings is 1. The van der Waals surface area contributed by atoms with Gasteiger partial charge in [0.25, 0.3) is 0 Å². The Hall–Kier alpha value is -1.33. The molecule has 0 aromatic carbocycles. The molecule has 18 heavy (non-hydrogen) atoms. The molecule has 0 saturated carbocycles. The van der Waals surface area contributed by atoms with Gasteiger partial charge in [-0.1, -0.05) is 25.4 Å². The van der Waals surface area contributed by atoms with Gasteiger partial charge in [0.1, 0.15) is 0 Å². The van der Waals surface area contributed by atoms with Gasteiger partial charge in [-0.2, -0.15) is 0 Å². The van der Waals surface area contributed by atoms with Gasteiger partial charge in [0.2, 0.25) is 11.7 Å². The molecule has 0 aliphatic rings. The summed E-state index contributed by atoms with van der Waals surface area (Å²) in [5.41, 5.74) is 0.483. The zero-order valence-corrected chi connectivity index (χ0v) is 11.5. The van der Waals surface area contributed by atoms with Gasteiger partial charge in [0, 0.05) is 0 Å². The maximum Gasteiger partial charge on any atom is 0.373 e. The summed E-state index contributed by atoms with van der Waals surface area (Å²) in [5, 5.41) is 9.09. The van der Waals surface area contributed by atoms with Crippen LogP contribution >= 0.6 is 22.9 Å². The second-order valence-corrected chi connectivity index (χ2v) is 6.02. The average Bonchev–Trinajstić information content (AvgIpc) is 2.83. The number of carboxylic acids is 1. The van der Waals surface area contributed by atoms with Gasteiger partial charge >= 0.3 is 5.97 Å². The Kier molecular flexibility index (Phi) is 3.73. The highest BCUT2D eigenvalue weighted by atomic mass is 35.5. The Bertz CT molecular complexity index is 574. The lowest BCUT2D eigenvalue weighted by Crippen LogP contribution is -2.03. The van der Waals surface area contributed by atoms with Crippen molar-refractivity contribution in [3.8, 4) is 10.8 Å². The second-order valence-electron chi connectivity index (χ2n) is 4.30. The molecule has 0 bridgehead atoms. The maximum atomic E-state index is 11.1. The van der Waals surface area contributed by atoms with Crippen molar-refractivity contribution in [2.45, 2.75) is 20.3 Å². The predicted molar refractivity (Wildman–Crippen MR) is 70.3 cm³/mol. The topological polar surface area (TPSA) is 63.3 Å². The molecular formula is C12H12ClNO3S. The van der Waals surface area contributed by atoms with Gasteiger partial charge in [-0.05, 0) is 24.5 Å². The van der Waals surface area contributed by atoms with Crippen molar-refractivity contribution in [3.05, 3.63) is 27.9 Å². The minimum absolute atomic E-state index is 0.0803. The van der Waals surface area contributed by atoms with Crippen LogP contribution in [0.15, 0.2) is 16.5 Å². The van der Waals surface area contributed by atoms with E-state index in [9.17, 15) is 4.79 Å². The molecule has 2 rings (SSSR count). The number of rotatable bonds is 4. The van der Waals surface area contributed by atoms with Gasteiger partial charge in [-0.15, -0.1) is 11.3 Å². The van der Waals surface area contributed by atoms with Crippen LogP contribution in [0.25, 0.3) is 10.8 Å². The molecular weight excluding hydrogens is 274 g/mol. The molecule has 0 spiro atoms. The number of thiophene rings is 1. The lowest BCUT2D eigenvalue weighted by molar-refractivity contribution is 0.0661. The number of aromatic nitrogens is 1. The van der Waals surface area contributed by atoms with Crippen LogP contribution in [0, 0.1) is 5.92 Å². The highest BCUT2D eigenvalue weighted by Crippen LogP contribution is 2.32. The van der Waals surface area contributed by atoms with E-state index in [4.69, 9.17) is 21.1 Å². The Morgan fingerprint density at radius 3 is 2.78 bits per heavy atom. The van der Waals surface area contributed by atoms with E-state index in [0.29, 0.717) is 28.3 Å². The lowest BCUT2D eigenvalue weighted by Gasteiger charge is -1.99. The Morgan fingerprint density at radius 1 is 1.56 bits per heavy atom. The fraction of sp³-hybridized carbons (Fsp3) is 0.333. The molecule has 0 aliphatic heterocycles. The smallest absolute Gasteiger partial charge is 0.373 e. The first-order chi connectivity index (χ1) is 8.47. The second kappa shape index (κ2) is 5.12. The zero-order valence-electron chi connectivity index (χ0n) is 9.94. The molecule has 0 unspecified atom stereocenters. The van der Waals surface area contributed by atoms with Crippen molar-refractivity contribution in [2.24, 2.45) is 5.92 Å². The van der Waals surface area contributed by atoms with E-state index < -0.39 is 5.97 Å². The predicted octanol–water partition coefficient (Wildman–Crippen LogP) is 3.95. The third-order valence-electron chi connectivity index (χ3n) is 2.28. The van der Waals surface area contributed by atoms with Crippen molar-refractivity contribution >= 4 is 28.9 Å². The van der Waals surface area contributed by atoms with Crippen molar-refractivity contribution in [3.63, 3.8) is 0 Å². The average molecular weight is 286 g/mol. The van der Waals surface area contributed by atoms with E-state index in [-0.39, 0.29) is 5.76 Å². The molecule has 4 nitrogen and oxygen atoms in total. The minimum Gasteiger partial charge on any atom is -0.475 e. The molecule has 0 aliphatic carbocycles. The standard InChI is InChI=1S/C12H12ClNO3S/c1-6(2)5-7-10(12(15)16)17-11(14-7)8-3-4-9(13)18-8/h3-4,6H,5H2,1-2H3,(H,15,16). The van der Waals surface area contributed by atoms with Crippen LogP contribution in [0.2, 0.25) is 4.34 Å². The van der Waals surface area contributed by atoms with Gasteiger partial charge < -0.3 is 9.52 Å². The quantitative estimate of drug-likeness (QED) is 0.924. The number of carbonyl (C=O) groups is 1. The van der Waals surface area contributed by atoms with Gasteiger partial charge in [0.15, 0.2) is 0 Å². The third-order valence-corrected chi connectivity index (χ3v) is 3.50. The summed E-state index contributed by atoms with van der Waals surface area (Å²) >= 11 is 7.15. The number of hydrogen-bond donors (Lipinski definition) is 1. The molecule has 0 saturated heterocycles. The minimum atomic E-state index is -1.09. The van der Waals surface area contributed by atoms with Crippen LogP contribution < -0.4 is 0 Å². The molecule has 0 atom stereocenters. The number of hydrogen-bond acceptors (Lipinski definition) is 4.